The summed E-state index contributed by atoms with van der Waals surface area (Å²) in [5.41, 5.74) is 15.2. The summed E-state index contributed by atoms with van der Waals surface area (Å²) in [7, 11) is 6.28. The van der Waals surface area contributed by atoms with E-state index >= 15 is 0 Å². The van der Waals surface area contributed by atoms with E-state index in [1.807, 2.05) is 12.1 Å². The molecule has 8 aromatic rings. The second kappa shape index (κ2) is 31.7. The van der Waals surface area contributed by atoms with Crippen LogP contribution in [0.15, 0.2) is 91.0 Å². The van der Waals surface area contributed by atoms with Crippen molar-refractivity contribution >= 4 is 79.1 Å². The standard InChI is InChI=1S/C25H30Cl2N2O.2C19H28N2O.C6H3Cl2F/c1-18-8-6-10-22-25(18)20(9-7-15-29-13-4-3-5-14-29)23(28(22)2)17-30-24-12-11-19(26)16-21(24)27;2*1-15-8-6-10-17-19(15)16(18(14-22)20(17)2)9-7-13-21-11-4-3-5-12-21;7-4-1-2-6(9)5(8)3-4/h6,8,10-12,16H,3-5,7,9,13-15,17H2,1-2H3;2*6,8,10,22H,3-5,7,9,11-14H2,1-2H3;1-3H. The van der Waals surface area contributed by atoms with Crippen molar-refractivity contribution in [3.63, 3.8) is 0 Å². The molecule has 5 aromatic carbocycles. The fraction of sp³-hybridized carbons (Fsp3) is 0.478. The monoisotopic (exact) mass is 1210 g/mol. The Morgan fingerprint density at radius 3 is 1.14 bits per heavy atom. The lowest BCUT2D eigenvalue weighted by Crippen LogP contribution is -2.30. The number of piperidine rings is 3. The number of hydrogen-bond donors (Lipinski definition) is 2. The lowest BCUT2D eigenvalue weighted by molar-refractivity contribution is 0.226. The van der Waals surface area contributed by atoms with E-state index in [1.54, 1.807) is 6.07 Å². The number of benzene rings is 5. The molecule has 0 unspecified atom stereocenters. The largest absolute Gasteiger partial charge is 0.486 e. The predicted octanol–water partition coefficient (Wildman–Crippen LogP) is 16.7. The first-order valence-corrected chi connectivity index (χ1v) is 31.9. The van der Waals surface area contributed by atoms with Gasteiger partial charge >= 0.3 is 0 Å². The van der Waals surface area contributed by atoms with Gasteiger partial charge in [-0.25, -0.2) is 4.39 Å². The molecule has 0 aliphatic carbocycles. The average molecular weight is 1210 g/mol. The van der Waals surface area contributed by atoms with Crippen LogP contribution in [-0.4, -0.2) is 97.5 Å². The van der Waals surface area contributed by atoms with Crippen molar-refractivity contribution < 1.29 is 19.3 Å². The average Bonchev–Trinajstić information content (AvgIpc) is 4.26. The van der Waals surface area contributed by atoms with E-state index in [9.17, 15) is 14.6 Å². The summed E-state index contributed by atoms with van der Waals surface area (Å²) in [5.74, 6) is 0.225. The Morgan fingerprint density at radius 1 is 0.446 bits per heavy atom. The van der Waals surface area contributed by atoms with E-state index in [-0.39, 0.29) is 18.2 Å². The minimum absolute atomic E-state index is 0.0579. The van der Waals surface area contributed by atoms with Crippen molar-refractivity contribution in [2.45, 2.75) is 137 Å². The SMILES string of the molecule is Cc1cccc2c1c(CCCN1CCCCC1)c(CO)n2C.Cc1cccc2c1c(CCCN1CCCCC1)c(CO)n2C.Cc1cccc2c1c(CCCN1CCCCC1)c(COc1ccc(Cl)cc1Cl)n2C.Fc1ccc(Cl)cc1Cl. The first-order valence-electron chi connectivity index (χ1n) is 30.4. The van der Waals surface area contributed by atoms with Gasteiger partial charge in [-0.2, -0.15) is 0 Å². The van der Waals surface area contributed by atoms with E-state index in [0.717, 1.165) is 30.7 Å². The Morgan fingerprint density at radius 2 is 0.795 bits per heavy atom. The molecule has 0 bridgehead atoms. The molecule has 11 rings (SSSR count). The summed E-state index contributed by atoms with van der Waals surface area (Å²) in [6.45, 7) is 18.4. The van der Waals surface area contributed by atoms with E-state index in [2.05, 4.69) is 125 Å². The lowest BCUT2D eigenvalue weighted by atomic mass is 10.0. The van der Waals surface area contributed by atoms with E-state index in [4.69, 9.17) is 51.1 Å². The number of likely N-dealkylation sites (tertiary alicyclic amines) is 3. The molecule has 3 aromatic heterocycles. The molecular formula is C69H89Cl4FN6O3. The van der Waals surface area contributed by atoms with Crippen molar-refractivity contribution in [2.24, 2.45) is 21.1 Å². The second-order valence-electron chi connectivity index (χ2n) is 23.1. The number of aromatic nitrogens is 3. The van der Waals surface area contributed by atoms with Crippen molar-refractivity contribution in [3.8, 4) is 5.75 Å². The maximum atomic E-state index is 12.3. The summed E-state index contributed by atoms with van der Waals surface area (Å²) in [6.07, 6.45) is 19.0. The number of halogens is 5. The fourth-order valence-electron chi connectivity index (χ4n) is 13.0. The highest BCUT2D eigenvalue weighted by molar-refractivity contribution is 6.35. The Balaban J connectivity index is 0.000000153. The zero-order valence-electron chi connectivity index (χ0n) is 50.1. The summed E-state index contributed by atoms with van der Waals surface area (Å²) < 4.78 is 25.1. The van der Waals surface area contributed by atoms with Gasteiger partial charge in [0.2, 0.25) is 0 Å². The molecule has 0 spiro atoms. The van der Waals surface area contributed by atoms with Crippen molar-refractivity contribution in [1.29, 1.82) is 0 Å². The Labute approximate surface area is 513 Å². The maximum Gasteiger partial charge on any atom is 0.141 e. The van der Waals surface area contributed by atoms with Crippen LogP contribution >= 0.6 is 46.4 Å². The molecule has 0 radical (unpaired) electrons. The lowest BCUT2D eigenvalue weighted by Gasteiger charge is -2.26. The minimum Gasteiger partial charge on any atom is -0.486 e. The molecular weight excluding hydrogens is 1120 g/mol. The third-order valence-corrected chi connectivity index (χ3v) is 18.5. The first kappa shape index (κ1) is 64.4. The molecule has 3 aliphatic rings. The number of rotatable bonds is 17. The van der Waals surface area contributed by atoms with Crippen LogP contribution in [0.5, 0.6) is 5.75 Å². The number of aliphatic hydroxyl groups is 2. The number of fused-ring (bicyclic) bond motifs is 3. The first-order chi connectivity index (χ1) is 40.2. The van der Waals surface area contributed by atoms with Crippen LogP contribution in [0.3, 0.4) is 0 Å². The molecule has 448 valence electrons. The number of nitrogens with zero attached hydrogens (tertiary/aromatic N) is 6. The number of ether oxygens (including phenoxy) is 1. The highest BCUT2D eigenvalue weighted by Crippen LogP contribution is 2.35. The number of aryl methyl sites for hydroxylation is 9. The van der Waals surface area contributed by atoms with Crippen LogP contribution in [0.4, 0.5) is 4.39 Å². The highest BCUT2D eigenvalue weighted by atomic mass is 35.5. The van der Waals surface area contributed by atoms with Crippen LogP contribution in [0.1, 0.15) is 128 Å². The molecule has 3 saturated heterocycles. The van der Waals surface area contributed by atoms with E-state index < -0.39 is 5.82 Å². The Kier molecular flexibility index (Phi) is 24.6. The molecule has 9 nitrogen and oxygen atoms in total. The third kappa shape index (κ3) is 16.7. The summed E-state index contributed by atoms with van der Waals surface area (Å²) in [6, 6.07) is 28.9. The second-order valence-corrected chi connectivity index (χ2v) is 24.8. The van der Waals surface area contributed by atoms with Gasteiger partial charge in [0.1, 0.15) is 18.2 Å². The quantitative estimate of drug-likeness (QED) is 0.0885. The third-order valence-electron chi connectivity index (χ3n) is 17.5. The summed E-state index contributed by atoms with van der Waals surface area (Å²) in [4.78, 5) is 7.81. The van der Waals surface area contributed by atoms with Gasteiger partial charge in [0.15, 0.2) is 0 Å². The van der Waals surface area contributed by atoms with Crippen molar-refractivity contribution in [3.05, 3.63) is 167 Å². The molecule has 0 saturated carbocycles. The number of hydrogen-bond acceptors (Lipinski definition) is 6. The Bertz CT molecular complexity index is 3260. The number of aliphatic hydroxyl groups excluding tert-OH is 2. The maximum absolute atomic E-state index is 12.3. The van der Waals surface area contributed by atoms with Gasteiger partial charge < -0.3 is 43.4 Å². The summed E-state index contributed by atoms with van der Waals surface area (Å²) in [5, 5.41) is 25.4. The molecule has 6 heterocycles. The van der Waals surface area contributed by atoms with Gasteiger partial charge in [-0.05, 0) is 245 Å². The topological polar surface area (TPSA) is 74.2 Å². The zero-order chi connectivity index (χ0) is 59.0. The van der Waals surface area contributed by atoms with Gasteiger partial charge in [-0.3, -0.25) is 0 Å². The molecule has 14 heteroatoms. The van der Waals surface area contributed by atoms with Gasteiger partial charge in [-0.1, -0.05) is 102 Å². The van der Waals surface area contributed by atoms with Crippen LogP contribution in [-0.2, 0) is 60.2 Å². The van der Waals surface area contributed by atoms with Gasteiger partial charge in [-0.15, -0.1) is 0 Å². The van der Waals surface area contributed by atoms with Gasteiger partial charge in [0.05, 0.1) is 29.0 Å². The zero-order valence-corrected chi connectivity index (χ0v) is 53.2. The molecule has 83 heavy (non-hydrogen) atoms. The summed E-state index contributed by atoms with van der Waals surface area (Å²) >= 11 is 23.2. The molecule has 2 N–H and O–H groups in total. The molecule has 0 amide bonds. The normalized spacial score (nSPS) is 15.2. The van der Waals surface area contributed by atoms with Crippen molar-refractivity contribution in [2.75, 3.05) is 58.9 Å². The van der Waals surface area contributed by atoms with E-state index in [1.165, 1.54) is 226 Å². The fourth-order valence-corrected chi connectivity index (χ4v) is 13.9. The Hall–Kier alpha value is -4.59. The van der Waals surface area contributed by atoms with Crippen LogP contribution < -0.4 is 4.74 Å². The van der Waals surface area contributed by atoms with E-state index in [0.29, 0.717) is 27.4 Å². The highest BCUT2D eigenvalue weighted by Gasteiger charge is 2.21. The smallest absolute Gasteiger partial charge is 0.141 e. The van der Waals surface area contributed by atoms with Crippen molar-refractivity contribution in [1.82, 2.24) is 28.4 Å². The molecule has 0 atom stereocenters. The van der Waals surface area contributed by atoms with Crippen LogP contribution in [0, 0.1) is 26.6 Å². The van der Waals surface area contributed by atoms with Gasteiger partial charge in [0, 0.05) is 75.3 Å². The van der Waals surface area contributed by atoms with Crippen LogP contribution in [0.25, 0.3) is 32.7 Å². The minimum atomic E-state index is -0.443. The van der Waals surface area contributed by atoms with Gasteiger partial charge in [0.25, 0.3) is 0 Å². The molecule has 3 aliphatic heterocycles. The molecule has 3 fully saturated rings. The predicted molar refractivity (Wildman–Crippen MR) is 348 cm³/mol. The van der Waals surface area contributed by atoms with Crippen LogP contribution in [0.2, 0.25) is 20.1 Å².